The standard InChI is InChI=1S/C19H26N2O4/c1-13(2)20-18(22)12-21-7-5-14(6-8-21)19(23)15-3-4-16-17(11-15)25-10-9-24-16/h3-4,11,13-14H,5-10,12H2,1-2H3,(H,20,22). The van der Waals surface area contributed by atoms with Gasteiger partial charge in [0.15, 0.2) is 17.3 Å². The van der Waals surface area contributed by atoms with Gasteiger partial charge < -0.3 is 14.8 Å². The summed E-state index contributed by atoms with van der Waals surface area (Å²) >= 11 is 0. The van der Waals surface area contributed by atoms with Gasteiger partial charge in [-0.1, -0.05) is 0 Å². The van der Waals surface area contributed by atoms with Crippen LogP contribution in [0.15, 0.2) is 18.2 Å². The number of hydrogen-bond acceptors (Lipinski definition) is 5. The number of fused-ring (bicyclic) bond motifs is 1. The van der Waals surface area contributed by atoms with Gasteiger partial charge in [0.2, 0.25) is 5.91 Å². The molecule has 1 aromatic carbocycles. The van der Waals surface area contributed by atoms with E-state index in [1.165, 1.54) is 0 Å². The third-order valence-corrected chi connectivity index (χ3v) is 4.60. The fourth-order valence-corrected chi connectivity index (χ4v) is 3.36. The third kappa shape index (κ3) is 4.51. The monoisotopic (exact) mass is 346 g/mol. The quantitative estimate of drug-likeness (QED) is 0.825. The molecule has 0 aromatic heterocycles. The molecule has 2 heterocycles. The summed E-state index contributed by atoms with van der Waals surface area (Å²) in [5.74, 6) is 1.57. The second kappa shape index (κ2) is 7.87. The van der Waals surface area contributed by atoms with Crippen LogP contribution in [0.5, 0.6) is 11.5 Å². The van der Waals surface area contributed by atoms with E-state index < -0.39 is 0 Å². The minimum atomic E-state index is 0.00645. The Morgan fingerprint density at radius 2 is 1.84 bits per heavy atom. The molecular formula is C19H26N2O4. The Labute approximate surface area is 148 Å². The Balaban J connectivity index is 1.54. The smallest absolute Gasteiger partial charge is 0.234 e. The molecule has 0 spiro atoms. The van der Waals surface area contributed by atoms with Crippen molar-refractivity contribution in [1.82, 2.24) is 10.2 Å². The Morgan fingerprint density at radius 1 is 1.16 bits per heavy atom. The molecule has 0 radical (unpaired) electrons. The number of piperidine rings is 1. The SMILES string of the molecule is CC(C)NC(=O)CN1CCC(C(=O)c2ccc3c(c2)OCCO3)CC1. The van der Waals surface area contributed by atoms with Crippen molar-refractivity contribution in [2.24, 2.45) is 5.92 Å². The zero-order chi connectivity index (χ0) is 17.8. The summed E-state index contributed by atoms with van der Waals surface area (Å²) in [6.45, 7) is 6.92. The number of nitrogens with zero attached hydrogens (tertiary/aromatic N) is 1. The van der Waals surface area contributed by atoms with E-state index in [1.54, 1.807) is 6.07 Å². The van der Waals surface area contributed by atoms with Gasteiger partial charge in [-0.05, 0) is 58.0 Å². The molecule has 0 bridgehead atoms. The summed E-state index contributed by atoms with van der Waals surface area (Å²) < 4.78 is 11.1. The van der Waals surface area contributed by atoms with Crippen molar-refractivity contribution in [3.8, 4) is 11.5 Å². The van der Waals surface area contributed by atoms with Gasteiger partial charge >= 0.3 is 0 Å². The van der Waals surface area contributed by atoms with Crippen LogP contribution in [0.3, 0.4) is 0 Å². The fraction of sp³-hybridized carbons (Fsp3) is 0.579. The number of rotatable bonds is 5. The molecule has 1 fully saturated rings. The van der Waals surface area contributed by atoms with E-state index in [1.807, 2.05) is 26.0 Å². The number of likely N-dealkylation sites (tertiary alicyclic amines) is 1. The molecule has 6 heteroatoms. The molecule has 0 saturated carbocycles. The van der Waals surface area contributed by atoms with Crippen LogP contribution >= 0.6 is 0 Å². The lowest BCUT2D eigenvalue weighted by Crippen LogP contribution is -2.44. The highest BCUT2D eigenvalue weighted by Crippen LogP contribution is 2.32. The summed E-state index contributed by atoms with van der Waals surface area (Å²) in [7, 11) is 0. The number of carbonyl (C=O) groups excluding carboxylic acids is 2. The summed E-state index contributed by atoms with van der Waals surface area (Å²) in [5.41, 5.74) is 0.681. The van der Waals surface area contributed by atoms with Crippen LogP contribution in [0.2, 0.25) is 0 Å². The minimum absolute atomic E-state index is 0.00645. The van der Waals surface area contributed by atoms with Crippen LogP contribution in [0, 0.1) is 5.92 Å². The van der Waals surface area contributed by atoms with Gasteiger partial charge in [-0.3, -0.25) is 14.5 Å². The van der Waals surface area contributed by atoms with Crippen LogP contribution in [0.4, 0.5) is 0 Å². The Hall–Kier alpha value is -2.08. The second-order valence-corrected chi connectivity index (χ2v) is 7.00. The van der Waals surface area contributed by atoms with E-state index in [4.69, 9.17) is 9.47 Å². The van der Waals surface area contributed by atoms with E-state index in [0.717, 1.165) is 25.9 Å². The van der Waals surface area contributed by atoms with E-state index in [9.17, 15) is 9.59 Å². The van der Waals surface area contributed by atoms with Crippen molar-refractivity contribution in [3.05, 3.63) is 23.8 Å². The van der Waals surface area contributed by atoms with Gasteiger partial charge in [0, 0.05) is 17.5 Å². The molecule has 2 aliphatic rings. The summed E-state index contributed by atoms with van der Waals surface area (Å²) in [4.78, 5) is 26.7. The molecule has 0 unspecified atom stereocenters. The molecule has 25 heavy (non-hydrogen) atoms. The number of amides is 1. The Kier molecular flexibility index (Phi) is 5.58. The number of ether oxygens (including phenoxy) is 2. The molecule has 2 aliphatic heterocycles. The minimum Gasteiger partial charge on any atom is -0.486 e. The lowest BCUT2D eigenvalue weighted by atomic mass is 9.88. The van der Waals surface area contributed by atoms with Crippen molar-refractivity contribution < 1.29 is 19.1 Å². The lowest BCUT2D eigenvalue weighted by molar-refractivity contribution is -0.123. The van der Waals surface area contributed by atoms with Gasteiger partial charge in [0.25, 0.3) is 0 Å². The molecule has 0 atom stereocenters. The van der Waals surface area contributed by atoms with E-state index in [2.05, 4.69) is 10.2 Å². The molecule has 3 rings (SSSR count). The van der Waals surface area contributed by atoms with Gasteiger partial charge in [0.1, 0.15) is 13.2 Å². The first-order chi connectivity index (χ1) is 12.0. The molecule has 6 nitrogen and oxygen atoms in total. The van der Waals surface area contributed by atoms with E-state index in [0.29, 0.717) is 36.8 Å². The normalized spacial score (nSPS) is 18.2. The highest BCUT2D eigenvalue weighted by Gasteiger charge is 2.27. The average molecular weight is 346 g/mol. The molecule has 1 amide bonds. The predicted molar refractivity (Wildman–Crippen MR) is 94.2 cm³/mol. The van der Waals surface area contributed by atoms with E-state index >= 15 is 0 Å². The highest BCUT2D eigenvalue weighted by molar-refractivity contribution is 5.98. The van der Waals surface area contributed by atoms with E-state index in [-0.39, 0.29) is 23.7 Å². The lowest BCUT2D eigenvalue weighted by Gasteiger charge is -2.31. The van der Waals surface area contributed by atoms with Crippen LogP contribution < -0.4 is 14.8 Å². The first-order valence-corrected chi connectivity index (χ1v) is 8.98. The van der Waals surface area contributed by atoms with Gasteiger partial charge in [-0.2, -0.15) is 0 Å². The molecule has 0 aliphatic carbocycles. The highest BCUT2D eigenvalue weighted by atomic mass is 16.6. The molecule has 1 saturated heterocycles. The van der Waals surface area contributed by atoms with Gasteiger partial charge in [0.05, 0.1) is 6.54 Å². The van der Waals surface area contributed by atoms with Crippen molar-refractivity contribution in [2.75, 3.05) is 32.8 Å². The summed E-state index contributed by atoms with van der Waals surface area (Å²) in [6.07, 6.45) is 1.56. The first-order valence-electron chi connectivity index (χ1n) is 8.98. The number of hydrogen-bond donors (Lipinski definition) is 1. The summed E-state index contributed by atoms with van der Waals surface area (Å²) in [5, 5.41) is 2.91. The Morgan fingerprint density at radius 3 is 2.52 bits per heavy atom. The number of benzene rings is 1. The van der Waals surface area contributed by atoms with Gasteiger partial charge in [-0.15, -0.1) is 0 Å². The maximum absolute atomic E-state index is 12.8. The number of carbonyl (C=O) groups is 2. The fourth-order valence-electron chi connectivity index (χ4n) is 3.36. The maximum atomic E-state index is 12.8. The third-order valence-electron chi connectivity index (χ3n) is 4.60. The molecule has 1 N–H and O–H groups in total. The average Bonchev–Trinajstić information content (AvgIpc) is 2.60. The van der Waals surface area contributed by atoms with Gasteiger partial charge in [-0.25, -0.2) is 0 Å². The maximum Gasteiger partial charge on any atom is 0.234 e. The van der Waals surface area contributed by atoms with Crippen molar-refractivity contribution >= 4 is 11.7 Å². The van der Waals surface area contributed by atoms with Crippen LogP contribution in [-0.4, -0.2) is 55.5 Å². The van der Waals surface area contributed by atoms with Crippen LogP contribution in [-0.2, 0) is 4.79 Å². The van der Waals surface area contributed by atoms with Crippen LogP contribution in [0.1, 0.15) is 37.0 Å². The first kappa shape index (κ1) is 17.7. The summed E-state index contributed by atoms with van der Waals surface area (Å²) in [6, 6.07) is 5.58. The zero-order valence-electron chi connectivity index (χ0n) is 14.9. The molecular weight excluding hydrogens is 320 g/mol. The van der Waals surface area contributed by atoms with Crippen LogP contribution in [0.25, 0.3) is 0 Å². The largest absolute Gasteiger partial charge is 0.486 e. The Bertz CT molecular complexity index is 636. The number of Topliss-reactive ketones (excluding diaryl/α,β-unsaturated/α-hetero) is 1. The van der Waals surface area contributed by atoms with Crippen molar-refractivity contribution in [2.45, 2.75) is 32.7 Å². The molecule has 136 valence electrons. The second-order valence-electron chi connectivity index (χ2n) is 7.00. The predicted octanol–water partition coefficient (Wildman–Crippen LogP) is 1.88. The zero-order valence-corrected chi connectivity index (χ0v) is 14.9. The number of ketones is 1. The van der Waals surface area contributed by atoms with Crippen molar-refractivity contribution in [1.29, 1.82) is 0 Å². The number of nitrogens with one attached hydrogen (secondary N) is 1. The topological polar surface area (TPSA) is 67.9 Å². The molecule has 1 aromatic rings. The van der Waals surface area contributed by atoms with Crippen molar-refractivity contribution in [3.63, 3.8) is 0 Å².